The van der Waals surface area contributed by atoms with Gasteiger partial charge in [-0.25, -0.2) is 8.42 Å². The average molecular weight is 337 g/mol. The van der Waals surface area contributed by atoms with Gasteiger partial charge in [-0.2, -0.15) is 0 Å². The van der Waals surface area contributed by atoms with Crippen LogP contribution in [0.4, 0.5) is 5.13 Å². The van der Waals surface area contributed by atoms with Gasteiger partial charge in [0, 0.05) is 0 Å². The fourth-order valence-corrected chi connectivity index (χ4v) is 5.36. The number of sulfone groups is 1. The Labute approximate surface area is 132 Å². The molecule has 3 rings (SSSR count). The van der Waals surface area contributed by atoms with Crippen molar-refractivity contribution in [3.05, 3.63) is 35.8 Å². The maximum Gasteiger partial charge on any atom is 0.248 e. The molecule has 0 saturated heterocycles. The van der Waals surface area contributed by atoms with Gasteiger partial charge in [-0.15, -0.1) is 10.2 Å². The van der Waals surface area contributed by atoms with Gasteiger partial charge in [-0.05, 0) is 25.0 Å². The molecule has 116 valence electrons. The maximum atomic E-state index is 13.0. The Morgan fingerprint density at radius 1 is 1.18 bits per heavy atom. The van der Waals surface area contributed by atoms with Gasteiger partial charge in [-0.1, -0.05) is 42.4 Å². The van der Waals surface area contributed by atoms with Gasteiger partial charge in [-0.3, -0.25) is 10.1 Å². The first-order valence-electron chi connectivity index (χ1n) is 6.94. The molecule has 1 aromatic carbocycles. The molecular weight excluding hydrogens is 322 g/mol. The van der Waals surface area contributed by atoms with Crippen molar-refractivity contribution in [2.45, 2.75) is 35.3 Å². The number of anilines is 1. The first kappa shape index (κ1) is 15.1. The third kappa shape index (κ3) is 2.42. The van der Waals surface area contributed by atoms with Crippen LogP contribution in [0.2, 0.25) is 0 Å². The molecule has 1 saturated carbocycles. The third-order valence-electron chi connectivity index (χ3n) is 3.97. The van der Waals surface area contributed by atoms with Crippen molar-refractivity contribution in [1.82, 2.24) is 10.2 Å². The highest BCUT2D eigenvalue weighted by atomic mass is 32.2. The van der Waals surface area contributed by atoms with E-state index in [4.69, 9.17) is 0 Å². The van der Waals surface area contributed by atoms with E-state index in [9.17, 15) is 13.2 Å². The second-order valence-corrected chi connectivity index (χ2v) is 8.31. The Balaban J connectivity index is 2.00. The Bertz CT molecular complexity index is 752. The number of aromatic nitrogens is 2. The number of carbonyl (C=O) groups is 1. The highest BCUT2D eigenvalue weighted by Gasteiger charge is 2.53. The summed E-state index contributed by atoms with van der Waals surface area (Å²) in [6.45, 7) is 0. The van der Waals surface area contributed by atoms with Crippen LogP contribution in [0.15, 0.2) is 40.7 Å². The molecule has 0 atom stereocenters. The van der Waals surface area contributed by atoms with Gasteiger partial charge in [0.2, 0.25) is 11.0 Å². The van der Waals surface area contributed by atoms with Crippen LogP contribution >= 0.6 is 11.3 Å². The molecule has 1 N–H and O–H groups in total. The second-order valence-electron chi connectivity index (χ2n) is 5.22. The van der Waals surface area contributed by atoms with E-state index in [0.29, 0.717) is 18.0 Å². The van der Waals surface area contributed by atoms with Gasteiger partial charge < -0.3 is 0 Å². The lowest BCUT2D eigenvalue weighted by Gasteiger charge is -2.27. The highest BCUT2D eigenvalue weighted by Crippen LogP contribution is 2.41. The van der Waals surface area contributed by atoms with Crippen LogP contribution in [0.5, 0.6) is 0 Å². The molecule has 1 fully saturated rings. The molecular formula is C14H15N3O3S2. The number of nitrogens with one attached hydrogen (secondary N) is 1. The lowest BCUT2D eigenvalue weighted by molar-refractivity contribution is -0.118. The number of amides is 1. The standard InChI is InChI=1S/C14H15N3O3S2/c18-12(16-13-17-15-10-21-13)14(8-4-5-9-14)22(19,20)11-6-2-1-3-7-11/h1-3,6-7,10H,4-5,8-9H2,(H,16,17,18). The SMILES string of the molecule is O=C(Nc1nncs1)C1(S(=O)(=O)c2ccccc2)CCCC1. The van der Waals surface area contributed by atoms with E-state index in [1.54, 1.807) is 18.2 Å². The Hall–Kier alpha value is -1.80. The fraction of sp³-hybridized carbons (Fsp3) is 0.357. The summed E-state index contributed by atoms with van der Waals surface area (Å²) in [5.41, 5.74) is 1.49. The summed E-state index contributed by atoms with van der Waals surface area (Å²) in [7, 11) is -3.76. The lowest BCUT2D eigenvalue weighted by Crippen LogP contribution is -2.47. The van der Waals surface area contributed by atoms with E-state index in [0.717, 1.165) is 12.8 Å². The van der Waals surface area contributed by atoms with Gasteiger partial charge >= 0.3 is 0 Å². The zero-order chi connectivity index (χ0) is 15.6. The highest BCUT2D eigenvalue weighted by molar-refractivity contribution is 7.93. The van der Waals surface area contributed by atoms with E-state index in [2.05, 4.69) is 15.5 Å². The van der Waals surface area contributed by atoms with Crippen LogP contribution in [0.25, 0.3) is 0 Å². The molecule has 0 radical (unpaired) electrons. The zero-order valence-electron chi connectivity index (χ0n) is 11.7. The number of hydrogen-bond donors (Lipinski definition) is 1. The Kier molecular flexibility index (Phi) is 3.96. The molecule has 6 nitrogen and oxygen atoms in total. The van der Waals surface area contributed by atoms with E-state index in [1.807, 2.05) is 0 Å². The number of hydrogen-bond acceptors (Lipinski definition) is 6. The topological polar surface area (TPSA) is 89.0 Å². The Morgan fingerprint density at radius 3 is 2.45 bits per heavy atom. The van der Waals surface area contributed by atoms with Crippen LogP contribution < -0.4 is 5.32 Å². The minimum Gasteiger partial charge on any atom is -0.299 e. The minimum absolute atomic E-state index is 0.185. The fourth-order valence-electron chi connectivity index (χ4n) is 2.83. The van der Waals surface area contributed by atoms with Crippen LogP contribution in [0.1, 0.15) is 25.7 Å². The van der Waals surface area contributed by atoms with Gasteiger partial charge in [0.25, 0.3) is 0 Å². The Morgan fingerprint density at radius 2 is 1.86 bits per heavy atom. The maximum absolute atomic E-state index is 13.0. The summed E-state index contributed by atoms with van der Waals surface area (Å²) in [5.74, 6) is -0.509. The predicted molar refractivity (Wildman–Crippen MR) is 83.4 cm³/mol. The molecule has 1 heterocycles. The molecule has 0 unspecified atom stereocenters. The van der Waals surface area contributed by atoms with Crippen molar-refractivity contribution in [2.75, 3.05) is 5.32 Å². The summed E-state index contributed by atoms with van der Waals surface area (Å²) >= 11 is 1.17. The summed E-state index contributed by atoms with van der Waals surface area (Å²) in [5, 5.41) is 10.3. The van der Waals surface area contributed by atoms with Crippen molar-refractivity contribution in [3.63, 3.8) is 0 Å². The van der Waals surface area contributed by atoms with Crippen molar-refractivity contribution in [3.8, 4) is 0 Å². The first-order valence-corrected chi connectivity index (χ1v) is 9.30. The number of carbonyl (C=O) groups excluding carboxylic acids is 1. The molecule has 1 aliphatic rings. The van der Waals surface area contributed by atoms with Crippen LogP contribution in [0, 0.1) is 0 Å². The minimum atomic E-state index is -3.76. The van der Waals surface area contributed by atoms with Gasteiger partial charge in [0.05, 0.1) is 4.90 Å². The number of benzene rings is 1. The van der Waals surface area contributed by atoms with Crippen LogP contribution in [-0.4, -0.2) is 29.3 Å². The van der Waals surface area contributed by atoms with E-state index in [1.165, 1.54) is 29.0 Å². The van der Waals surface area contributed by atoms with E-state index >= 15 is 0 Å². The van der Waals surface area contributed by atoms with E-state index < -0.39 is 20.5 Å². The number of rotatable bonds is 4. The van der Waals surface area contributed by atoms with Crippen molar-refractivity contribution >= 4 is 32.2 Å². The van der Waals surface area contributed by atoms with Gasteiger partial charge in [0.15, 0.2) is 14.6 Å². The molecule has 22 heavy (non-hydrogen) atoms. The molecule has 0 spiro atoms. The molecule has 2 aromatic rings. The predicted octanol–water partition coefficient (Wildman–Crippen LogP) is 2.26. The molecule has 1 amide bonds. The largest absolute Gasteiger partial charge is 0.299 e. The monoisotopic (exact) mass is 337 g/mol. The normalized spacial score (nSPS) is 17.3. The number of nitrogens with zero attached hydrogens (tertiary/aromatic N) is 2. The smallest absolute Gasteiger partial charge is 0.248 e. The summed E-state index contributed by atoms with van der Waals surface area (Å²) in [4.78, 5) is 12.9. The summed E-state index contributed by atoms with van der Waals surface area (Å²) in [6.07, 6.45) is 2.09. The van der Waals surface area contributed by atoms with Crippen molar-refractivity contribution in [2.24, 2.45) is 0 Å². The van der Waals surface area contributed by atoms with Gasteiger partial charge in [0.1, 0.15) is 5.51 Å². The van der Waals surface area contributed by atoms with Crippen molar-refractivity contribution in [1.29, 1.82) is 0 Å². The zero-order valence-corrected chi connectivity index (χ0v) is 13.4. The molecule has 1 aromatic heterocycles. The van der Waals surface area contributed by atoms with Crippen LogP contribution in [0.3, 0.4) is 0 Å². The molecule has 8 heteroatoms. The van der Waals surface area contributed by atoms with Crippen LogP contribution in [-0.2, 0) is 14.6 Å². The molecule has 1 aliphatic carbocycles. The first-order chi connectivity index (χ1) is 10.6. The summed E-state index contributed by atoms with van der Waals surface area (Å²) in [6, 6.07) is 8.15. The lowest BCUT2D eigenvalue weighted by atomic mass is 10.1. The van der Waals surface area contributed by atoms with Crippen molar-refractivity contribution < 1.29 is 13.2 Å². The quantitative estimate of drug-likeness (QED) is 0.924. The average Bonchev–Trinajstić information content (AvgIpc) is 3.20. The second kappa shape index (κ2) is 5.77. The summed E-state index contributed by atoms with van der Waals surface area (Å²) < 4.78 is 24.6. The molecule has 0 bridgehead atoms. The molecule has 0 aliphatic heterocycles. The third-order valence-corrected chi connectivity index (χ3v) is 7.10. The van der Waals surface area contributed by atoms with E-state index in [-0.39, 0.29) is 4.90 Å².